The maximum Gasteiger partial charge on any atom is 0.220 e. The second kappa shape index (κ2) is 12.2. The van der Waals surface area contributed by atoms with Crippen LogP contribution in [-0.2, 0) is 17.9 Å². The first kappa shape index (κ1) is 22.9. The zero-order chi connectivity index (χ0) is 21.9. The molecule has 1 amide bonds. The van der Waals surface area contributed by atoms with E-state index in [-0.39, 0.29) is 5.91 Å². The molecule has 1 saturated heterocycles. The molecule has 1 fully saturated rings. The second-order valence-corrected chi connectivity index (χ2v) is 8.12. The Morgan fingerprint density at radius 3 is 2.97 bits per heavy atom. The highest BCUT2D eigenvalue weighted by Crippen LogP contribution is 2.25. The van der Waals surface area contributed by atoms with Gasteiger partial charge in [-0.1, -0.05) is 43.0 Å². The van der Waals surface area contributed by atoms with Crippen molar-refractivity contribution in [2.24, 2.45) is 5.92 Å². The minimum absolute atomic E-state index is 0.114. The number of nitrogens with one attached hydrogen (secondary N) is 1. The number of rotatable bonds is 11. The van der Waals surface area contributed by atoms with E-state index in [1.165, 1.54) is 18.4 Å². The van der Waals surface area contributed by atoms with E-state index in [9.17, 15) is 4.79 Å². The number of hydrogen-bond acceptors (Lipinski definition) is 4. The van der Waals surface area contributed by atoms with Crippen LogP contribution in [0.4, 0.5) is 0 Å². The van der Waals surface area contributed by atoms with Gasteiger partial charge in [0.1, 0.15) is 18.1 Å². The van der Waals surface area contributed by atoms with Gasteiger partial charge >= 0.3 is 0 Å². The van der Waals surface area contributed by atoms with E-state index in [1.807, 2.05) is 36.4 Å². The number of piperidine rings is 1. The Morgan fingerprint density at radius 2 is 2.13 bits per heavy atom. The molecule has 0 saturated carbocycles. The van der Waals surface area contributed by atoms with Crippen molar-refractivity contribution >= 4 is 5.91 Å². The molecular weight excluding hydrogens is 388 g/mol. The molecule has 2 aromatic carbocycles. The molecule has 1 heterocycles. The minimum atomic E-state index is 0.114. The molecule has 0 spiro atoms. The van der Waals surface area contributed by atoms with E-state index in [1.54, 1.807) is 13.2 Å². The standard InChI is InChI=1S/C26H34N2O3/c1-3-16-31-25-12-5-4-10-23(25)20-28-15-7-9-21(19-28)13-14-26(29)27-18-22-8-6-11-24(17-22)30-2/h3-6,8,10-12,17,21H,1,7,9,13-16,18-20H2,2H3,(H,27,29)/t21-/m0/s1. The maximum absolute atomic E-state index is 12.4. The number of carbonyl (C=O) groups is 1. The SMILES string of the molecule is C=CCOc1ccccc1CN1CCC[C@@H](CCC(=O)NCc2cccc(OC)c2)C1. The molecule has 31 heavy (non-hydrogen) atoms. The highest BCUT2D eigenvalue weighted by atomic mass is 16.5. The Kier molecular flexibility index (Phi) is 8.98. The van der Waals surface area contributed by atoms with Gasteiger partial charge in [0, 0.05) is 31.6 Å². The van der Waals surface area contributed by atoms with Crippen molar-refractivity contribution in [2.45, 2.75) is 38.8 Å². The van der Waals surface area contributed by atoms with E-state index in [0.717, 1.165) is 43.1 Å². The Bertz CT molecular complexity index is 852. The summed E-state index contributed by atoms with van der Waals surface area (Å²) in [6.45, 7) is 7.78. The summed E-state index contributed by atoms with van der Waals surface area (Å²) in [6.07, 6.45) is 5.63. The van der Waals surface area contributed by atoms with Gasteiger partial charge in [-0.3, -0.25) is 9.69 Å². The first-order valence-corrected chi connectivity index (χ1v) is 11.1. The van der Waals surface area contributed by atoms with Crippen molar-refractivity contribution in [2.75, 3.05) is 26.8 Å². The Balaban J connectivity index is 1.43. The van der Waals surface area contributed by atoms with Crippen molar-refractivity contribution in [3.05, 3.63) is 72.3 Å². The van der Waals surface area contributed by atoms with Crippen molar-refractivity contribution < 1.29 is 14.3 Å². The minimum Gasteiger partial charge on any atom is -0.497 e. The van der Waals surface area contributed by atoms with Crippen LogP contribution in [0.2, 0.25) is 0 Å². The molecule has 0 unspecified atom stereocenters. The first-order chi connectivity index (χ1) is 15.2. The fourth-order valence-corrected chi connectivity index (χ4v) is 4.10. The third-order valence-electron chi connectivity index (χ3n) is 5.73. The Hall–Kier alpha value is -2.79. The van der Waals surface area contributed by atoms with Crippen LogP contribution >= 0.6 is 0 Å². The molecule has 3 rings (SSSR count). The third kappa shape index (κ3) is 7.44. The molecule has 0 aromatic heterocycles. The fourth-order valence-electron chi connectivity index (χ4n) is 4.10. The van der Waals surface area contributed by atoms with Crippen LogP contribution in [0.15, 0.2) is 61.2 Å². The zero-order valence-electron chi connectivity index (χ0n) is 18.5. The number of likely N-dealkylation sites (tertiary alicyclic amines) is 1. The van der Waals surface area contributed by atoms with Crippen molar-refractivity contribution in [3.63, 3.8) is 0 Å². The lowest BCUT2D eigenvalue weighted by molar-refractivity contribution is -0.121. The van der Waals surface area contributed by atoms with Gasteiger partial charge in [-0.25, -0.2) is 0 Å². The number of nitrogens with zero attached hydrogens (tertiary/aromatic N) is 1. The average Bonchev–Trinajstić information content (AvgIpc) is 2.81. The summed E-state index contributed by atoms with van der Waals surface area (Å²) in [4.78, 5) is 14.8. The van der Waals surface area contributed by atoms with Gasteiger partial charge in [0.25, 0.3) is 0 Å². The van der Waals surface area contributed by atoms with Gasteiger partial charge in [0.2, 0.25) is 5.91 Å². The lowest BCUT2D eigenvalue weighted by atomic mass is 9.93. The molecule has 166 valence electrons. The summed E-state index contributed by atoms with van der Waals surface area (Å²) >= 11 is 0. The third-order valence-corrected chi connectivity index (χ3v) is 5.73. The van der Waals surface area contributed by atoms with Crippen molar-refractivity contribution in [3.8, 4) is 11.5 Å². The molecule has 5 heteroatoms. The smallest absolute Gasteiger partial charge is 0.220 e. The van der Waals surface area contributed by atoms with E-state index in [4.69, 9.17) is 9.47 Å². The molecule has 2 aromatic rings. The predicted molar refractivity (Wildman–Crippen MR) is 124 cm³/mol. The van der Waals surface area contributed by atoms with Crippen molar-refractivity contribution in [1.29, 1.82) is 0 Å². The fraction of sp³-hybridized carbons (Fsp3) is 0.423. The van der Waals surface area contributed by atoms with Crippen molar-refractivity contribution in [1.82, 2.24) is 10.2 Å². The van der Waals surface area contributed by atoms with Gasteiger partial charge in [-0.15, -0.1) is 0 Å². The number of carbonyl (C=O) groups excluding carboxylic acids is 1. The van der Waals surface area contributed by atoms with Gasteiger partial charge in [-0.05, 0) is 55.5 Å². The van der Waals surface area contributed by atoms with Crippen LogP contribution in [0.25, 0.3) is 0 Å². The molecule has 1 atom stereocenters. The number of benzene rings is 2. The zero-order valence-corrected chi connectivity index (χ0v) is 18.5. The number of hydrogen-bond donors (Lipinski definition) is 1. The largest absolute Gasteiger partial charge is 0.497 e. The molecule has 0 bridgehead atoms. The predicted octanol–water partition coefficient (Wildman–Crippen LogP) is 4.57. The van der Waals surface area contributed by atoms with Gasteiger partial charge < -0.3 is 14.8 Å². The lowest BCUT2D eigenvalue weighted by Crippen LogP contribution is -2.35. The molecule has 0 aliphatic carbocycles. The van der Waals surface area contributed by atoms with E-state index < -0.39 is 0 Å². The monoisotopic (exact) mass is 422 g/mol. The van der Waals surface area contributed by atoms with Crippen LogP contribution in [0.3, 0.4) is 0 Å². The van der Waals surface area contributed by atoms with Crippen LogP contribution in [0, 0.1) is 5.92 Å². The first-order valence-electron chi connectivity index (χ1n) is 11.1. The van der Waals surface area contributed by atoms with Gasteiger partial charge in [0.05, 0.1) is 7.11 Å². The number of amides is 1. The molecule has 1 aliphatic heterocycles. The Morgan fingerprint density at radius 1 is 1.26 bits per heavy atom. The topological polar surface area (TPSA) is 50.8 Å². The molecule has 5 nitrogen and oxygen atoms in total. The normalized spacial score (nSPS) is 16.5. The number of methoxy groups -OCH3 is 1. The molecule has 1 aliphatic rings. The summed E-state index contributed by atoms with van der Waals surface area (Å²) in [5.74, 6) is 2.41. The van der Waals surface area contributed by atoms with Gasteiger partial charge in [-0.2, -0.15) is 0 Å². The molecular formula is C26H34N2O3. The quantitative estimate of drug-likeness (QED) is 0.539. The van der Waals surface area contributed by atoms with Crippen LogP contribution in [-0.4, -0.2) is 37.6 Å². The van der Waals surface area contributed by atoms with E-state index >= 15 is 0 Å². The summed E-state index contributed by atoms with van der Waals surface area (Å²) < 4.78 is 11.0. The van der Waals surface area contributed by atoms with Gasteiger partial charge in [0.15, 0.2) is 0 Å². The Labute approximate surface area is 186 Å². The summed E-state index contributed by atoms with van der Waals surface area (Å²) in [7, 11) is 1.65. The number of para-hydroxylation sites is 1. The summed E-state index contributed by atoms with van der Waals surface area (Å²) in [6, 6.07) is 16.0. The maximum atomic E-state index is 12.4. The second-order valence-electron chi connectivity index (χ2n) is 8.12. The summed E-state index contributed by atoms with van der Waals surface area (Å²) in [5.41, 5.74) is 2.26. The van der Waals surface area contributed by atoms with Crippen LogP contribution in [0.1, 0.15) is 36.8 Å². The highest BCUT2D eigenvalue weighted by Gasteiger charge is 2.21. The van der Waals surface area contributed by atoms with E-state index in [0.29, 0.717) is 25.5 Å². The number of ether oxygens (including phenoxy) is 2. The van der Waals surface area contributed by atoms with Crippen LogP contribution < -0.4 is 14.8 Å². The summed E-state index contributed by atoms with van der Waals surface area (Å²) in [5, 5.41) is 3.04. The molecule has 1 N–H and O–H groups in total. The average molecular weight is 423 g/mol. The highest BCUT2D eigenvalue weighted by molar-refractivity contribution is 5.75. The molecule has 0 radical (unpaired) electrons. The lowest BCUT2D eigenvalue weighted by Gasteiger charge is -2.33. The van der Waals surface area contributed by atoms with Crippen LogP contribution in [0.5, 0.6) is 11.5 Å². The van der Waals surface area contributed by atoms with E-state index in [2.05, 4.69) is 28.9 Å².